The summed E-state index contributed by atoms with van der Waals surface area (Å²) in [5.41, 5.74) is -0.173. The van der Waals surface area contributed by atoms with Gasteiger partial charge in [-0.2, -0.15) is 5.10 Å². The van der Waals surface area contributed by atoms with Crippen LogP contribution >= 0.6 is 0 Å². The number of ether oxygens (including phenoxy) is 2. The fraction of sp³-hybridized carbons (Fsp3) is 0.412. The Morgan fingerprint density at radius 3 is 2.38 bits per heavy atom. The molecule has 1 aliphatic heterocycles. The molecule has 0 spiro atoms. The van der Waals surface area contributed by atoms with Gasteiger partial charge in [-0.05, 0) is 30.3 Å². The monoisotopic (exact) mass is 330 g/mol. The van der Waals surface area contributed by atoms with Crippen molar-refractivity contribution in [2.45, 2.75) is 0 Å². The highest BCUT2D eigenvalue weighted by Crippen LogP contribution is 2.17. The van der Waals surface area contributed by atoms with Gasteiger partial charge in [0.05, 0.1) is 7.11 Å². The van der Waals surface area contributed by atoms with Gasteiger partial charge >= 0.3 is 0 Å². The molecule has 1 fully saturated rings. The van der Waals surface area contributed by atoms with Gasteiger partial charge in [0.2, 0.25) is 0 Å². The SMILES string of the molecule is COc1ccc(OCCN2CCN(c3ccc(=O)[nH]n3)CC2)cc1. The van der Waals surface area contributed by atoms with Crippen molar-refractivity contribution in [3.63, 3.8) is 0 Å². The van der Waals surface area contributed by atoms with Crippen LogP contribution in [0.3, 0.4) is 0 Å². The zero-order valence-electron chi connectivity index (χ0n) is 13.8. The Balaban J connectivity index is 1.40. The Morgan fingerprint density at radius 2 is 1.75 bits per heavy atom. The van der Waals surface area contributed by atoms with E-state index in [2.05, 4.69) is 20.0 Å². The molecule has 2 aromatic rings. The molecule has 1 aromatic carbocycles. The van der Waals surface area contributed by atoms with Crippen LogP contribution in [0.2, 0.25) is 0 Å². The van der Waals surface area contributed by atoms with Gasteiger partial charge in [0.1, 0.15) is 23.9 Å². The molecule has 2 heterocycles. The number of nitrogens with one attached hydrogen (secondary N) is 1. The molecule has 128 valence electrons. The normalized spacial score (nSPS) is 15.3. The zero-order valence-corrected chi connectivity index (χ0v) is 13.8. The van der Waals surface area contributed by atoms with Crippen molar-refractivity contribution < 1.29 is 9.47 Å². The van der Waals surface area contributed by atoms with E-state index in [1.165, 1.54) is 6.07 Å². The van der Waals surface area contributed by atoms with Crippen LogP contribution in [0.15, 0.2) is 41.2 Å². The lowest BCUT2D eigenvalue weighted by atomic mass is 10.3. The third-order valence-electron chi connectivity index (χ3n) is 4.10. The lowest BCUT2D eigenvalue weighted by Crippen LogP contribution is -2.48. The molecule has 0 unspecified atom stereocenters. The van der Waals surface area contributed by atoms with Gasteiger partial charge < -0.3 is 14.4 Å². The summed E-state index contributed by atoms with van der Waals surface area (Å²) in [5, 5.41) is 6.56. The highest BCUT2D eigenvalue weighted by molar-refractivity contribution is 5.36. The molecule has 0 bridgehead atoms. The first-order valence-corrected chi connectivity index (χ1v) is 8.04. The highest BCUT2D eigenvalue weighted by atomic mass is 16.5. The van der Waals surface area contributed by atoms with Crippen molar-refractivity contribution in [1.82, 2.24) is 15.1 Å². The molecule has 1 saturated heterocycles. The highest BCUT2D eigenvalue weighted by Gasteiger charge is 2.17. The Kier molecular flexibility index (Phi) is 5.32. The lowest BCUT2D eigenvalue weighted by Gasteiger charge is -2.35. The first kappa shape index (κ1) is 16.3. The van der Waals surface area contributed by atoms with E-state index in [1.807, 2.05) is 24.3 Å². The van der Waals surface area contributed by atoms with E-state index in [1.54, 1.807) is 13.2 Å². The third-order valence-corrected chi connectivity index (χ3v) is 4.10. The molecular weight excluding hydrogens is 308 g/mol. The fourth-order valence-corrected chi connectivity index (χ4v) is 2.68. The van der Waals surface area contributed by atoms with E-state index in [-0.39, 0.29) is 5.56 Å². The Hall–Kier alpha value is -2.54. The average Bonchev–Trinajstić information content (AvgIpc) is 2.64. The fourth-order valence-electron chi connectivity index (χ4n) is 2.68. The molecule has 0 radical (unpaired) electrons. The number of aromatic amines is 1. The van der Waals surface area contributed by atoms with Crippen LogP contribution < -0.4 is 19.9 Å². The minimum atomic E-state index is -0.173. The summed E-state index contributed by atoms with van der Waals surface area (Å²) in [6.07, 6.45) is 0. The van der Waals surface area contributed by atoms with E-state index >= 15 is 0 Å². The van der Waals surface area contributed by atoms with Gasteiger partial charge in [-0.25, -0.2) is 5.10 Å². The maximum atomic E-state index is 11.1. The quantitative estimate of drug-likeness (QED) is 0.851. The first-order valence-electron chi connectivity index (χ1n) is 8.04. The molecule has 1 N–H and O–H groups in total. The number of methoxy groups -OCH3 is 1. The van der Waals surface area contributed by atoms with Crippen molar-refractivity contribution in [3.8, 4) is 11.5 Å². The maximum Gasteiger partial charge on any atom is 0.264 e. The van der Waals surface area contributed by atoms with Gasteiger partial charge in [-0.15, -0.1) is 0 Å². The minimum Gasteiger partial charge on any atom is -0.497 e. The number of benzene rings is 1. The predicted molar refractivity (Wildman–Crippen MR) is 92.0 cm³/mol. The molecule has 7 heteroatoms. The van der Waals surface area contributed by atoms with Crippen LogP contribution in [-0.2, 0) is 0 Å². The van der Waals surface area contributed by atoms with E-state index in [0.717, 1.165) is 50.0 Å². The summed E-state index contributed by atoms with van der Waals surface area (Å²) in [4.78, 5) is 15.6. The van der Waals surface area contributed by atoms with Crippen LogP contribution in [0, 0.1) is 0 Å². The van der Waals surface area contributed by atoms with Crippen molar-refractivity contribution >= 4 is 5.82 Å². The predicted octanol–water partition coefficient (Wildman–Crippen LogP) is 0.979. The van der Waals surface area contributed by atoms with Crippen LogP contribution in [-0.4, -0.2) is 61.5 Å². The molecule has 24 heavy (non-hydrogen) atoms. The number of H-pyrrole nitrogens is 1. The first-order chi connectivity index (χ1) is 11.7. The van der Waals surface area contributed by atoms with Crippen LogP contribution in [0.5, 0.6) is 11.5 Å². The van der Waals surface area contributed by atoms with Crippen LogP contribution in [0.25, 0.3) is 0 Å². The second kappa shape index (κ2) is 7.83. The van der Waals surface area contributed by atoms with Crippen molar-refractivity contribution in [3.05, 3.63) is 46.8 Å². The van der Waals surface area contributed by atoms with Crippen molar-refractivity contribution in [1.29, 1.82) is 0 Å². The molecule has 0 aliphatic carbocycles. The molecule has 3 rings (SSSR count). The summed E-state index contributed by atoms with van der Waals surface area (Å²) < 4.78 is 10.9. The molecule has 0 saturated carbocycles. The zero-order chi connectivity index (χ0) is 16.8. The van der Waals surface area contributed by atoms with E-state index in [9.17, 15) is 4.79 Å². The Bertz CT molecular complexity index is 673. The van der Waals surface area contributed by atoms with Gasteiger partial charge in [-0.3, -0.25) is 9.69 Å². The van der Waals surface area contributed by atoms with Gasteiger partial charge in [0.15, 0.2) is 0 Å². The number of rotatable bonds is 6. The van der Waals surface area contributed by atoms with Gasteiger partial charge in [-0.1, -0.05) is 0 Å². The summed E-state index contributed by atoms with van der Waals surface area (Å²) in [6.45, 7) is 5.23. The molecule has 7 nitrogen and oxygen atoms in total. The smallest absolute Gasteiger partial charge is 0.264 e. The average molecular weight is 330 g/mol. The molecule has 1 aliphatic rings. The van der Waals surface area contributed by atoms with Gasteiger partial charge in [0, 0.05) is 38.8 Å². The van der Waals surface area contributed by atoms with E-state index in [0.29, 0.717) is 6.61 Å². The number of hydrogen-bond acceptors (Lipinski definition) is 6. The standard InChI is InChI=1S/C17H22N4O3/c1-23-14-2-4-15(5-3-14)24-13-12-20-8-10-21(11-9-20)16-6-7-17(22)19-18-16/h2-7H,8-13H2,1H3,(H,19,22). The number of anilines is 1. The number of hydrogen-bond donors (Lipinski definition) is 1. The summed E-state index contributed by atoms with van der Waals surface area (Å²) in [7, 11) is 1.65. The van der Waals surface area contributed by atoms with Crippen molar-refractivity contribution in [2.24, 2.45) is 0 Å². The van der Waals surface area contributed by atoms with E-state index < -0.39 is 0 Å². The molecule has 0 atom stereocenters. The maximum absolute atomic E-state index is 11.1. The Morgan fingerprint density at radius 1 is 1.04 bits per heavy atom. The molecule has 1 aromatic heterocycles. The minimum absolute atomic E-state index is 0.173. The summed E-state index contributed by atoms with van der Waals surface area (Å²) in [6, 6.07) is 10.9. The largest absolute Gasteiger partial charge is 0.497 e. The number of piperazine rings is 1. The Labute approximate surface area is 140 Å². The second-order valence-corrected chi connectivity index (χ2v) is 5.63. The second-order valence-electron chi connectivity index (χ2n) is 5.63. The topological polar surface area (TPSA) is 70.7 Å². The third kappa shape index (κ3) is 4.26. The molecule has 0 amide bonds. The lowest BCUT2D eigenvalue weighted by molar-refractivity contribution is 0.200. The summed E-state index contributed by atoms with van der Waals surface area (Å²) >= 11 is 0. The van der Waals surface area contributed by atoms with Crippen LogP contribution in [0.4, 0.5) is 5.82 Å². The van der Waals surface area contributed by atoms with Crippen molar-refractivity contribution in [2.75, 3.05) is 51.3 Å². The van der Waals surface area contributed by atoms with Gasteiger partial charge in [0.25, 0.3) is 5.56 Å². The number of aromatic nitrogens is 2. The number of nitrogens with zero attached hydrogens (tertiary/aromatic N) is 3. The summed E-state index contributed by atoms with van der Waals surface area (Å²) in [5.74, 6) is 2.50. The van der Waals surface area contributed by atoms with E-state index in [4.69, 9.17) is 9.47 Å². The molecular formula is C17H22N4O3. The van der Waals surface area contributed by atoms with Crippen LogP contribution in [0.1, 0.15) is 0 Å².